The van der Waals surface area contributed by atoms with Crippen molar-refractivity contribution in [3.8, 4) is 0 Å². The zero-order chi connectivity index (χ0) is 13.7. The van der Waals surface area contributed by atoms with Gasteiger partial charge in [0.25, 0.3) is 11.6 Å². The molecular weight excluding hydrogens is 238 g/mol. The van der Waals surface area contributed by atoms with Crippen LogP contribution in [0.3, 0.4) is 0 Å². The van der Waals surface area contributed by atoms with Gasteiger partial charge in [-0.2, -0.15) is 0 Å². The molecule has 1 aromatic rings. The van der Waals surface area contributed by atoms with E-state index in [0.29, 0.717) is 13.0 Å². The van der Waals surface area contributed by atoms with Crippen molar-refractivity contribution in [1.29, 1.82) is 0 Å². The Balaban J connectivity index is 2.93. The second-order valence-electron chi connectivity index (χ2n) is 3.89. The molecule has 1 heterocycles. The number of aryl methyl sites for hydroxylation is 1. The Labute approximate surface area is 105 Å². The van der Waals surface area contributed by atoms with E-state index in [1.54, 1.807) is 6.92 Å². The number of amides is 1. The van der Waals surface area contributed by atoms with Crippen LogP contribution in [0.15, 0.2) is 12.3 Å². The van der Waals surface area contributed by atoms with E-state index in [4.69, 9.17) is 5.11 Å². The first-order chi connectivity index (χ1) is 8.53. The lowest BCUT2D eigenvalue weighted by atomic mass is 10.2. The maximum absolute atomic E-state index is 11.9. The first-order valence-electron chi connectivity index (χ1n) is 5.79. The zero-order valence-corrected chi connectivity index (χ0v) is 10.4. The molecule has 1 atom stereocenters. The Hall–Kier alpha value is -1.89. The van der Waals surface area contributed by atoms with Gasteiger partial charge in [0.2, 0.25) is 0 Å². The van der Waals surface area contributed by atoms with Crippen LogP contribution in [0.25, 0.3) is 0 Å². The first kappa shape index (κ1) is 14.2. The average Bonchev–Trinajstić information content (AvgIpc) is 2.79. The molecule has 0 fully saturated rings. The summed E-state index contributed by atoms with van der Waals surface area (Å²) in [6.07, 6.45) is 1.92. The molecule has 1 unspecified atom stereocenters. The molecule has 1 rings (SSSR count). The second-order valence-corrected chi connectivity index (χ2v) is 3.89. The number of aliphatic hydroxyl groups excluding tert-OH is 1. The minimum Gasteiger partial charge on any atom is -0.394 e. The summed E-state index contributed by atoms with van der Waals surface area (Å²) < 4.78 is 1.51. The fourth-order valence-corrected chi connectivity index (χ4v) is 1.58. The minimum atomic E-state index is -0.535. The predicted molar refractivity (Wildman–Crippen MR) is 65.4 cm³/mol. The molecule has 0 saturated carbocycles. The van der Waals surface area contributed by atoms with Gasteiger partial charge in [0, 0.05) is 12.6 Å². The van der Waals surface area contributed by atoms with Gasteiger partial charge in [-0.3, -0.25) is 14.9 Å². The Morgan fingerprint density at radius 2 is 2.28 bits per heavy atom. The highest BCUT2D eigenvalue weighted by Crippen LogP contribution is 2.16. The number of aromatic nitrogens is 1. The van der Waals surface area contributed by atoms with E-state index in [1.165, 1.54) is 16.8 Å². The third kappa shape index (κ3) is 3.07. The predicted octanol–water partition coefficient (Wildman–Crippen LogP) is 0.917. The number of nitrogens with zero attached hydrogens (tertiary/aromatic N) is 2. The fraction of sp³-hybridized carbons (Fsp3) is 0.545. The zero-order valence-electron chi connectivity index (χ0n) is 10.4. The van der Waals surface area contributed by atoms with Crippen LogP contribution in [-0.4, -0.2) is 33.2 Å². The van der Waals surface area contributed by atoms with Crippen molar-refractivity contribution in [3.05, 3.63) is 28.1 Å². The number of aliphatic hydroxyl groups is 1. The summed E-state index contributed by atoms with van der Waals surface area (Å²) >= 11 is 0. The van der Waals surface area contributed by atoms with Crippen LogP contribution in [-0.2, 0) is 6.54 Å². The first-order valence-corrected chi connectivity index (χ1v) is 5.79. The van der Waals surface area contributed by atoms with Gasteiger partial charge in [0.05, 0.1) is 23.8 Å². The average molecular weight is 255 g/mol. The normalized spacial score (nSPS) is 12.2. The van der Waals surface area contributed by atoms with Crippen molar-refractivity contribution >= 4 is 11.6 Å². The maximum Gasteiger partial charge on any atom is 0.287 e. The topological polar surface area (TPSA) is 97.4 Å². The molecule has 100 valence electrons. The van der Waals surface area contributed by atoms with Crippen molar-refractivity contribution < 1.29 is 14.8 Å². The monoisotopic (exact) mass is 255 g/mol. The number of rotatable bonds is 6. The summed E-state index contributed by atoms with van der Waals surface area (Å²) in [7, 11) is 0. The molecule has 18 heavy (non-hydrogen) atoms. The Bertz CT molecular complexity index is 437. The molecule has 0 bridgehead atoms. The molecule has 0 spiro atoms. The lowest BCUT2D eigenvalue weighted by Gasteiger charge is -2.14. The highest BCUT2D eigenvalue weighted by molar-refractivity contribution is 5.93. The number of carbonyl (C=O) groups excluding carboxylic acids is 1. The summed E-state index contributed by atoms with van der Waals surface area (Å²) in [6.45, 7) is 3.94. The van der Waals surface area contributed by atoms with E-state index in [-0.39, 0.29) is 24.0 Å². The smallest absolute Gasteiger partial charge is 0.287 e. The lowest BCUT2D eigenvalue weighted by Crippen LogP contribution is -2.37. The van der Waals surface area contributed by atoms with Crippen molar-refractivity contribution in [2.45, 2.75) is 32.9 Å². The minimum absolute atomic E-state index is 0.112. The van der Waals surface area contributed by atoms with E-state index < -0.39 is 10.8 Å². The summed E-state index contributed by atoms with van der Waals surface area (Å²) in [5, 5.41) is 22.3. The highest BCUT2D eigenvalue weighted by atomic mass is 16.6. The van der Waals surface area contributed by atoms with Crippen LogP contribution < -0.4 is 5.32 Å². The number of carbonyl (C=O) groups is 1. The Morgan fingerprint density at radius 3 is 2.72 bits per heavy atom. The summed E-state index contributed by atoms with van der Waals surface area (Å²) in [5.74, 6) is -0.411. The van der Waals surface area contributed by atoms with Crippen molar-refractivity contribution in [2.75, 3.05) is 6.61 Å². The molecule has 0 aliphatic carbocycles. The van der Waals surface area contributed by atoms with Gasteiger partial charge in [-0.05, 0) is 13.3 Å². The standard InChI is InChI=1S/C11H17N3O4/c1-3-8(7-15)12-11(16)10-5-9(14(17)18)6-13(10)4-2/h5-6,8,15H,3-4,7H2,1-2H3,(H,12,16). The van der Waals surface area contributed by atoms with Gasteiger partial charge in [0.15, 0.2) is 0 Å². The van der Waals surface area contributed by atoms with Crippen LogP contribution in [0.1, 0.15) is 30.8 Å². The molecule has 1 aromatic heterocycles. The van der Waals surface area contributed by atoms with Crippen LogP contribution >= 0.6 is 0 Å². The Kier molecular flexibility index (Phi) is 4.85. The lowest BCUT2D eigenvalue weighted by molar-refractivity contribution is -0.384. The van der Waals surface area contributed by atoms with Crippen LogP contribution in [0, 0.1) is 10.1 Å². The van der Waals surface area contributed by atoms with Gasteiger partial charge in [-0.25, -0.2) is 0 Å². The quantitative estimate of drug-likeness (QED) is 0.583. The van der Waals surface area contributed by atoms with Crippen molar-refractivity contribution in [2.24, 2.45) is 0 Å². The molecule has 0 saturated heterocycles. The fourth-order valence-electron chi connectivity index (χ4n) is 1.58. The van der Waals surface area contributed by atoms with Gasteiger partial charge in [-0.1, -0.05) is 6.92 Å². The van der Waals surface area contributed by atoms with Gasteiger partial charge < -0.3 is 15.0 Å². The van der Waals surface area contributed by atoms with Crippen molar-refractivity contribution in [3.63, 3.8) is 0 Å². The second kappa shape index (κ2) is 6.15. The van der Waals surface area contributed by atoms with E-state index in [0.717, 1.165) is 0 Å². The maximum atomic E-state index is 11.9. The van der Waals surface area contributed by atoms with E-state index in [1.807, 2.05) is 6.92 Å². The largest absolute Gasteiger partial charge is 0.394 e. The van der Waals surface area contributed by atoms with Crippen LogP contribution in [0.5, 0.6) is 0 Å². The molecule has 1 amide bonds. The molecule has 2 N–H and O–H groups in total. The Morgan fingerprint density at radius 1 is 1.61 bits per heavy atom. The molecule has 7 nitrogen and oxygen atoms in total. The van der Waals surface area contributed by atoms with E-state index in [9.17, 15) is 14.9 Å². The molecule has 0 aromatic carbocycles. The molecule has 0 aliphatic rings. The highest BCUT2D eigenvalue weighted by Gasteiger charge is 2.20. The summed E-state index contributed by atoms with van der Waals surface area (Å²) in [4.78, 5) is 22.0. The molecule has 0 radical (unpaired) electrons. The molecular formula is C11H17N3O4. The van der Waals surface area contributed by atoms with Gasteiger partial charge in [-0.15, -0.1) is 0 Å². The van der Waals surface area contributed by atoms with Crippen molar-refractivity contribution in [1.82, 2.24) is 9.88 Å². The number of hydrogen-bond donors (Lipinski definition) is 2. The van der Waals surface area contributed by atoms with Crippen LogP contribution in [0.4, 0.5) is 5.69 Å². The third-order valence-corrected chi connectivity index (χ3v) is 2.71. The van der Waals surface area contributed by atoms with E-state index >= 15 is 0 Å². The molecule has 0 aliphatic heterocycles. The van der Waals surface area contributed by atoms with Crippen LogP contribution in [0.2, 0.25) is 0 Å². The SMILES string of the molecule is CCC(CO)NC(=O)c1cc([N+](=O)[O-])cn1CC. The third-order valence-electron chi connectivity index (χ3n) is 2.71. The summed E-state index contributed by atoms with van der Waals surface area (Å²) in [5.41, 5.74) is 0.121. The summed E-state index contributed by atoms with van der Waals surface area (Å²) in [6, 6.07) is 0.903. The number of nitro groups is 1. The van der Waals surface area contributed by atoms with E-state index in [2.05, 4.69) is 5.32 Å². The van der Waals surface area contributed by atoms with Gasteiger partial charge >= 0.3 is 0 Å². The van der Waals surface area contributed by atoms with Gasteiger partial charge in [0.1, 0.15) is 5.69 Å². The number of hydrogen-bond acceptors (Lipinski definition) is 4. The number of nitrogens with one attached hydrogen (secondary N) is 1. The molecule has 7 heteroatoms.